The van der Waals surface area contributed by atoms with E-state index in [1.807, 2.05) is 36.4 Å². The fourth-order valence-electron chi connectivity index (χ4n) is 4.32. The van der Waals surface area contributed by atoms with Crippen LogP contribution in [0.25, 0.3) is 0 Å². The van der Waals surface area contributed by atoms with Crippen LogP contribution in [0.4, 0.5) is 22.7 Å². The first-order chi connectivity index (χ1) is 16.2. The molecule has 160 valence electrons. The lowest BCUT2D eigenvalue weighted by Crippen LogP contribution is -2.29. The summed E-state index contributed by atoms with van der Waals surface area (Å²) in [5.74, 6) is 0.0228. The normalized spacial score (nSPS) is 14.1. The lowest BCUT2D eigenvalue weighted by Gasteiger charge is -2.32. The molecule has 2 aliphatic rings. The van der Waals surface area contributed by atoms with Crippen LogP contribution in [-0.4, -0.2) is 18.9 Å². The van der Waals surface area contributed by atoms with E-state index in [1.54, 1.807) is 49.2 Å². The number of methoxy groups -OCH3 is 1. The van der Waals surface area contributed by atoms with E-state index in [-0.39, 0.29) is 11.8 Å². The van der Waals surface area contributed by atoms with Gasteiger partial charge in [-0.05, 0) is 66.7 Å². The Morgan fingerprint density at radius 2 is 1.21 bits per heavy atom. The largest absolute Gasteiger partial charge is 0.497 e. The Bertz CT molecular complexity index is 1390. The lowest BCUT2D eigenvalue weighted by molar-refractivity contribution is 0.0926. The highest BCUT2D eigenvalue weighted by Gasteiger charge is 2.37. The number of carbonyl (C=O) groups is 2. The monoisotopic (exact) mass is 450 g/mol. The second kappa shape index (κ2) is 7.53. The smallest absolute Gasteiger partial charge is 0.266 e. The zero-order valence-electron chi connectivity index (χ0n) is 17.7. The Labute approximate surface area is 195 Å². The molecule has 6 rings (SSSR count). The number of rotatable bonds is 3. The van der Waals surface area contributed by atoms with Crippen LogP contribution in [0.3, 0.4) is 0 Å². The summed E-state index contributed by atoms with van der Waals surface area (Å²) in [6.45, 7) is 0. The van der Waals surface area contributed by atoms with E-state index in [9.17, 15) is 9.59 Å². The predicted molar refractivity (Wildman–Crippen MR) is 129 cm³/mol. The van der Waals surface area contributed by atoms with Gasteiger partial charge < -0.3 is 9.64 Å². The number of hydrogen-bond donors (Lipinski definition) is 0. The summed E-state index contributed by atoms with van der Waals surface area (Å²) < 4.78 is 5.19. The zero-order chi connectivity index (χ0) is 22.5. The molecule has 2 aliphatic heterocycles. The summed E-state index contributed by atoms with van der Waals surface area (Å²) in [6, 6.07) is 28.8. The van der Waals surface area contributed by atoms with Gasteiger partial charge in [0.05, 0.1) is 35.3 Å². The molecule has 6 heteroatoms. The van der Waals surface area contributed by atoms with E-state index >= 15 is 0 Å². The van der Waals surface area contributed by atoms with Crippen LogP contribution in [0.5, 0.6) is 5.75 Å². The molecule has 0 saturated heterocycles. The van der Waals surface area contributed by atoms with Crippen LogP contribution in [0.15, 0.2) is 101 Å². The standard InChI is InChI=1S/C27H18N2O3S/c1-32-19-13-10-17(11-14-19)29-26(30)20-15-12-18(16-21(20)27(29)31)28-22-6-2-4-8-24(22)33-25-9-5-3-7-23(25)28/h2-16H,1H3. The topological polar surface area (TPSA) is 49.9 Å². The Hall–Kier alpha value is -4.03. The first-order valence-corrected chi connectivity index (χ1v) is 11.3. The number of ether oxygens (including phenoxy) is 1. The van der Waals surface area contributed by atoms with Crippen LogP contribution < -0.4 is 14.5 Å². The maximum Gasteiger partial charge on any atom is 0.266 e. The van der Waals surface area contributed by atoms with E-state index in [1.165, 1.54) is 4.90 Å². The molecule has 0 spiro atoms. The number of benzene rings is 4. The van der Waals surface area contributed by atoms with Crippen LogP contribution in [0.2, 0.25) is 0 Å². The van der Waals surface area contributed by atoms with Crippen LogP contribution in [0, 0.1) is 0 Å². The van der Waals surface area contributed by atoms with Crippen molar-refractivity contribution in [2.75, 3.05) is 16.9 Å². The first-order valence-electron chi connectivity index (χ1n) is 10.5. The van der Waals surface area contributed by atoms with Crippen molar-refractivity contribution in [3.8, 4) is 5.75 Å². The summed E-state index contributed by atoms with van der Waals surface area (Å²) >= 11 is 1.73. The van der Waals surface area contributed by atoms with Crippen LogP contribution in [0.1, 0.15) is 20.7 Å². The second-order valence-electron chi connectivity index (χ2n) is 7.75. The molecular formula is C27H18N2O3S. The van der Waals surface area contributed by atoms with Gasteiger partial charge in [-0.2, -0.15) is 0 Å². The molecular weight excluding hydrogens is 432 g/mol. The number of anilines is 4. The SMILES string of the molecule is COc1ccc(N2C(=O)c3ccc(N4c5ccccc5Sc5ccccc54)cc3C2=O)cc1. The summed E-state index contributed by atoms with van der Waals surface area (Å²) in [5.41, 5.74) is 4.27. The first kappa shape index (κ1) is 19.6. The number of imide groups is 1. The Kier molecular flexibility index (Phi) is 4.48. The number of para-hydroxylation sites is 2. The van der Waals surface area contributed by atoms with Gasteiger partial charge in [-0.3, -0.25) is 9.59 Å². The molecule has 0 radical (unpaired) electrons. The van der Waals surface area contributed by atoms with Crippen molar-refractivity contribution in [1.82, 2.24) is 0 Å². The van der Waals surface area contributed by atoms with Gasteiger partial charge in [0.25, 0.3) is 11.8 Å². The highest BCUT2D eigenvalue weighted by atomic mass is 32.2. The zero-order valence-corrected chi connectivity index (χ0v) is 18.5. The number of amides is 2. The van der Waals surface area contributed by atoms with Gasteiger partial charge in [0.15, 0.2) is 0 Å². The van der Waals surface area contributed by atoms with Crippen molar-refractivity contribution >= 4 is 46.3 Å². The third-order valence-electron chi connectivity index (χ3n) is 5.89. The quantitative estimate of drug-likeness (QED) is 0.297. The Balaban J connectivity index is 1.45. The van der Waals surface area contributed by atoms with Gasteiger partial charge in [-0.25, -0.2) is 4.90 Å². The number of fused-ring (bicyclic) bond motifs is 3. The molecule has 0 aliphatic carbocycles. The van der Waals surface area contributed by atoms with Gasteiger partial charge in [-0.15, -0.1) is 0 Å². The molecule has 4 aromatic rings. The van der Waals surface area contributed by atoms with E-state index in [0.29, 0.717) is 22.6 Å². The molecule has 0 N–H and O–H groups in total. The van der Waals surface area contributed by atoms with E-state index in [4.69, 9.17) is 4.74 Å². The highest BCUT2D eigenvalue weighted by molar-refractivity contribution is 7.99. The summed E-state index contributed by atoms with van der Waals surface area (Å²) in [6.07, 6.45) is 0. The Morgan fingerprint density at radius 1 is 0.636 bits per heavy atom. The van der Waals surface area contributed by atoms with Crippen molar-refractivity contribution in [3.63, 3.8) is 0 Å². The van der Waals surface area contributed by atoms with Crippen molar-refractivity contribution < 1.29 is 14.3 Å². The average molecular weight is 451 g/mol. The second-order valence-corrected chi connectivity index (χ2v) is 8.83. The molecule has 0 saturated carbocycles. The lowest BCUT2D eigenvalue weighted by atomic mass is 10.1. The summed E-state index contributed by atoms with van der Waals surface area (Å²) in [7, 11) is 1.58. The molecule has 0 unspecified atom stereocenters. The minimum atomic E-state index is -0.324. The molecule has 2 amide bonds. The van der Waals surface area contributed by atoms with Gasteiger partial charge >= 0.3 is 0 Å². The van der Waals surface area contributed by atoms with Crippen molar-refractivity contribution in [2.45, 2.75) is 9.79 Å². The molecule has 4 aromatic carbocycles. The Morgan fingerprint density at radius 3 is 1.85 bits per heavy atom. The maximum absolute atomic E-state index is 13.3. The molecule has 5 nitrogen and oxygen atoms in total. The van der Waals surface area contributed by atoms with Crippen molar-refractivity contribution in [3.05, 3.63) is 102 Å². The number of hydrogen-bond acceptors (Lipinski definition) is 5. The fraction of sp³-hybridized carbons (Fsp3) is 0.0370. The molecule has 0 aromatic heterocycles. The molecule has 0 fully saturated rings. The minimum Gasteiger partial charge on any atom is -0.497 e. The summed E-state index contributed by atoms with van der Waals surface area (Å²) in [4.78, 5) is 32.1. The van der Waals surface area contributed by atoms with Gasteiger partial charge in [0.2, 0.25) is 0 Å². The van der Waals surface area contributed by atoms with Crippen LogP contribution in [-0.2, 0) is 0 Å². The molecule has 0 bridgehead atoms. The molecule has 33 heavy (non-hydrogen) atoms. The van der Waals surface area contributed by atoms with Gasteiger partial charge in [0.1, 0.15) is 5.75 Å². The van der Waals surface area contributed by atoms with E-state index in [0.717, 1.165) is 26.9 Å². The van der Waals surface area contributed by atoms with Crippen molar-refractivity contribution in [2.24, 2.45) is 0 Å². The highest BCUT2D eigenvalue weighted by Crippen LogP contribution is 2.51. The number of nitrogens with zero attached hydrogens (tertiary/aromatic N) is 2. The maximum atomic E-state index is 13.3. The van der Waals surface area contributed by atoms with Gasteiger partial charge in [-0.1, -0.05) is 36.0 Å². The average Bonchev–Trinajstić information content (AvgIpc) is 3.11. The molecule has 0 atom stereocenters. The van der Waals surface area contributed by atoms with Gasteiger partial charge in [0, 0.05) is 15.5 Å². The van der Waals surface area contributed by atoms with Crippen molar-refractivity contribution in [1.29, 1.82) is 0 Å². The van der Waals surface area contributed by atoms with E-state index in [2.05, 4.69) is 29.2 Å². The minimum absolute atomic E-state index is 0.318. The van der Waals surface area contributed by atoms with Crippen LogP contribution >= 0.6 is 11.8 Å². The summed E-state index contributed by atoms with van der Waals surface area (Å²) in [5, 5.41) is 0. The fourth-order valence-corrected chi connectivity index (χ4v) is 5.37. The molecule has 2 heterocycles. The third-order valence-corrected chi connectivity index (χ3v) is 7.02. The number of carbonyl (C=O) groups excluding carboxylic acids is 2. The third kappa shape index (κ3) is 3.02. The van der Waals surface area contributed by atoms with E-state index < -0.39 is 0 Å². The predicted octanol–water partition coefficient (Wildman–Crippen LogP) is 6.43.